The molecule has 0 bridgehead atoms. The third-order valence-electron chi connectivity index (χ3n) is 2.83. The molecule has 0 heterocycles. The number of carbonyl (C=O) groups is 2. The van der Waals surface area contributed by atoms with Crippen LogP contribution in [0.5, 0.6) is 0 Å². The van der Waals surface area contributed by atoms with Gasteiger partial charge in [0.1, 0.15) is 5.60 Å². The molecule has 0 radical (unpaired) electrons. The van der Waals surface area contributed by atoms with Crippen molar-refractivity contribution in [2.45, 2.75) is 52.3 Å². The zero-order chi connectivity index (χ0) is 16.0. The molecule has 1 N–H and O–H groups in total. The first-order valence-corrected chi connectivity index (χ1v) is 6.94. The minimum atomic E-state index is -0.941. The van der Waals surface area contributed by atoms with E-state index in [1.54, 1.807) is 27.7 Å². The Morgan fingerprint density at radius 1 is 1.24 bits per heavy atom. The summed E-state index contributed by atoms with van der Waals surface area (Å²) in [5, 5.41) is 8.93. The summed E-state index contributed by atoms with van der Waals surface area (Å²) in [6.07, 6.45) is -0.619. The smallest absolute Gasteiger partial charge is 0.410 e. The number of ether oxygens (including phenoxy) is 1. The molecule has 1 rings (SSSR count). The third kappa shape index (κ3) is 6.29. The highest BCUT2D eigenvalue weighted by molar-refractivity contribution is 5.71. The first kappa shape index (κ1) is 17.0. The van der Waals surface area contributed by atoms with Gasteiger partial charge in [-0.2, -0.15) is 0 Å². The van der Waals surface area contributed by atoms with Crippen molar-refractivity contribution in [2.75, 3.05) is 0 Å². The summed E-state index contributed by atoms with van der Waals surface area (Å²) in [5.74, 6) is -0.941. The van der Waals surface area contributed by atoms with E-state index < -0.39 is 23.7 Å². The maximum atomic E-state index is 12.3. The highest BCUT2D eigenvalue weighted by Gasteiger charge is 2.27. The molecule has 0 saturated carbocycles. The van der Waals surface area contributed by atoms with Gasteiger partial charge in [0.15, 0.2) is 0 Å². The van der Waals surface area contributed by atoms with Crippen molar-refractivity contribution in [3.63, 3.8) is 0 Å². The average Bonchev–Trinajstić information content (AvgIpc) is 2.34. The monoisotopic (exact) mass is 293 g/mol. The largest absolute Gasteiger partial charge is 0.481 e. The van der Waals surface area contributed by atoms with Gasteiger partial charge in [0.25, 0.3) is 0 Å². The van der Waals surface area contributed by atoms with Crippen LogP contribution < -0.4 is 0 Å². The van der Waals surface area contributed by atoms with Gasteiger partial charge in [-0.05, 0) is 33.3 Å². The Morgan fingerprint density at radius 2 is 1.81 bits per heavy atom. The number of carbonyl (C=O) groups excluding carboxylic acids is 1. The second-order valence-electron chi connectivity index (χ2n) is 6.04. The van der Waals surface area contributed by atoms with Crippen LogP contribution in [0.4, 0.5) is 4.79 Å². The molecule has 0 unspecified atom stereocenters. The highest BCUT2D eigenvalue weighted by Crippen LogP contribution is 2.16. The molecule has 0 aliphatic heterocycles. The Bertz CT molecular complexity index is 479. The number of aliphatic carboxylic acids is 1. The van der Waals surface area contributed by atoms with E-state index in [9.17, 15) is 9.59 Å². The van der Waals surface area contributed by atoms with Crippen LogP contribution in [-0.2, 0) is 16.1 Å². The van der Waals surface area contributed by atoms with Crippen LogP contribution in [0.2, 0.25) is 0 Å². The predicted molar refractivity (Wildman–Crippen MR) is 79.9 cm³/mol. The lowest BCUT2D eigenvalue weighted by molar-refractivity contribution is -0.138. The number of amides is 1. The fraction of sp³-hybridized carbons (Fsp3) is 0.500. The summed E-state index contributed by atoms with van der Waals surface area (Å²) in [6, 6.07) is 8.99. The topological polar surface area (TPSA) is 66.8 Å². The zero-order valence-corrected chi connectivity index (χ0v) is 13.0. The lowest BCUT2D eigenvalue weighted by Gasteiger charge is -2.31. The summed E-state index contributed by atoms with van der Waals surface area (Å²) in [5.41, 5.74) is 0.315. The van der Waals surface area contributed by atoms with Gasteiger partial charge in [-0.1, -0.05) is 30.3 Å². The Balaban J connectivity index is 2.88. The van der Waals surface area contributed by atoms with E-state index in [1.165, 1.54) is 4.90 Å². The van der Waals surface area contributed by atoms with Crippen molar-refractivity contribution in [1.29, 1.82) is 0 Å². The van der Waals surface area contributed by atoms with E-state index in [4.69, 9.17) is 9.84 Å². The Kier molecular flexibility index (Phi) is 5.76. The second-order valence-corrected chi connectivity index (χ2v) is 6.04. The van der Waals surface area contributed by atoms with Crippen molar-refractivity contribution in [2.24, 2.45) is 0 Å². The van der Waals surface area contributed by atoms with Crippen LogP contribution in [0.25, 0.3) is 0 Å². The first-order chi connectivity index (χ1) is 9.69. The molecule has 5 heteroatoms. The number of hydrogen-bond acceptors (Lipinski definition) is 3. The molecule has 21 heavy (non-hydrogen) atoms. The third-order valence-corrected chi connectivity index (χ3v) is 2.83. The van der Waals surface area contributed by atoms with Crippen molar-refractivity contribution in [1.82, 2.24) is 4.90 Å². The van der Waals surface area contributed by atoms with Gasteiger partial charge in [-0.3, -0.25) is 4.79 Å². The SMILES string of the molecule is C[C@H](CC(=O)O)N(Cc1ccccc1)C(=O)OC(C)(C)C. The number of hydrogen-bond donors (Lipinski definition) is 1. The number of nitrogens with zero attached hydrogens (tertiary/aromatic N) is 1. The molecule has 0 spiro atoms. The van der Waals surface area contributed by atoms with Gasteiger partial charge in [-0.25, -0.2) is 4.79 Å². The van der Waals surface area contributed by atoms with E-state index in [0.717, 1.165) is 5.56 Å². The number of carboxylic acids is 1. The Morgan fingerprint density at radius 3 is 2.29 bits per heavy atom. The molecule has 0 fully saturated rings. The Labute approximate surface area is 125 Å². The summed E-state index contributed by atoms with van der Waals surface area (Å²) in [4.78, 5) is 24.6. The van der Waals surface area contributed by atoms with Crippen molar-refractivity contribution in [3.05, 3.63) is 35.9 Å². The summed E-state index contributed by atoms with van der Waals surface area (Å²) in [6.45, 7) is 7.39. The van der Waals surface area contributed by atoms with E-state index in [-0.39, 0.29) is 6.42 Å². The molecule has 116 valence electrons. The van der Waals surface area contributed by atoms with E-state index in [2.05, 4.69) is 0 Å². The van der Waals surface area contributed by atoms with Gasteiger partial charge in [0.2, 0.25) is 0 Å². The van der Waals surface area contributed by atoms with Crippen LogP contribution in [0.15, 0.2) is 30.3 Å². The first-order valence-electron chi connectivity index (χ1n) is 6.94. The van der Waals surface area contributed by atoms with Crippen LogP contribution in [0.1, 0.15) is 39.7 Å². The van der Waals surface area contributed by atoms with Crippen molar-refractivity contribution in [3.8, 4) is 0 Å². The normalized spacial score (nSPS) is 12.6. The summed E-state index contributed by atoms with van der Waals surface area (Å²) < 4.78 is 5.37. The van der Waals surface area contributed by atoms with Crippen molar-refractivity contribution >= 4 is 12.1 Å². The van der Waals surface area contributed by atoms with Crippen LogP contribution >= 0.6 is 0 Å². The predicted octanol–water partition coefficient (Wildman–Crippen LogP) is 3.29. The maximum Gasteiger partial charge on any atom is 0.410 e. The fourth-order valence-corrected chi connectivity index (χ4v) is 1.86. The minimum Gasteiger partial charge on any atom is -0.481 e. The quantitative estimate of drug-likeness (QED) is 0.904. The van der Waals surface area contributed by atoms with Gasteiger partial charge in [-0.15, -0.1) is 0 Å². The van der Waals surface area contributed by atoms with Crippen LogP contribution in [0.3, 0.4) is 0 Å². The standard InChI is InChI=1S/C16H23NO4/c1-12(10-14(18)19)17(15(20)21-16(2,3)4)11-13-8-6-5-7-9-13/h5-9,12H,10-11H2,1-4H3,(H,18,19)/t12-/m1/s1. The molecule has 1 aromatic rings. The number of rotatable bonds is 5. The minimum absolute atomic E-state index is 0.119. The lowest BCUT2D eigenvalue weighted by Crippen LogP contribution is -2.42. The molecule has 1 atom stereocenters. The number of carboxylic acid groups (broad SMARTS) is 1. The lowest BCUT2D eigenvalue weighted by atomic mass is 10.1. The highest BCUT2D eigenvalue weighted by atomic mass is 16.6. The van der Waals surface area contributed by atoms with E-state index >= 15 is 0 Å². The van der Waals surface area contributed by atoms with Crippen LogP contribution in [0, 0.1) is 0 Å². The molecule has 1 amide bonds. The van der Waals surface area contributed by atoms with Crippen molar-refractivity contribution < 1.29 is 19.4 Å². The van der Waals surface area contributed by atoms with E-state index in [0.29, 0.717) is 6.54 Å². The zero-order valence-electron chi connectivity index (χ0n) is 13.0. The van der Waals surface area contributed by atoms with Gasteiger partial charge in [0.05, 0.1) is 6.42 Å². The fourth-order valence-electron chi connectivity index (χ4n) is 1.86. The summed E-state index contributed by atoms with van der Waals surface area (Å²) in [7, 11) is 0. The molecule has 5 nitrogen and oxygen atoms in total. The van der Waals surface area contributed by atoms with Gasteiger partial charge in [0, 0.05) is 12.6 Å². The second kappa shape index (κ2) is 7.11. The average molecular weight is 293 g/mol. The Hall–Kier alpha value is -2.04. The van der Waals surface area contributed by atoms with Gasteiger partial charge < -0.3 is 14.7 Å². The molecule has 0 aliphatic carbocycles. The van der Waals surface area contributed by atoms with Crippen LogP contribution in [-0.4, -0.2) is 33.7 Å². The molecular weight excluding hydrogens is 270 g/mol. The molecule has 0 aliphatic rings. The maximum absolute atomic E-state index is 12.3. The van der Waals surface area contributed by atoms with E-state index in [1.807, 2.05) is 30.3 Å². The summed E-state index contributed by atoms with van der Waals surface area (Å²) >= 11 is 0. The molecule has 0 aromatic heterocycles. The molecular formula is C16H23NO4. The van der Waals surface area contributed by atoms with Gasteiger partial charge >= 0.3 is 12.1 Å². The molecule has 1 aromatic carbocycles. The number of benzene rings is 1. The molecule has 0 saturated heterocycles.